The summed E-state index contributed by atoms with van der Waals surface area (Å²) in [4.78, 5) is 15.6. The van der Waals surface area contributed by atoms with Gasteiger partial charge in [-0.1, -0.05) is 56.1 Å². The van der Waals surface area contributed by atoms with Crippen LogP contribution >= 0.6 is 11.8 Å². The van der Waals surface area contributed by atoms with E-state index in [0.29, 0.717) is 28.2 Å². The maximum Gasteiger partial charge on any atom is 0.341 e. The molecule has 2 heterocycles. The van der Waals surface area contributed by atoms with Crippen LogP contribution in [-0.2, 0) is 4.79 Å². The number of aliphatic carboxylic acids is 1. The van der Waals surface area contributed by atoms with Gasteiger partial charge in [0.2, 0.25) is 11.0 Å². The van der Waals surface area contributed by atoms with Gasteiger partial charge >= 0.3 is 5.97 Å². The molecule has 0 bridgehead atoms. The lowest BCUT2D eigenvalue weighted by Crippen LogP contribution is -2.17. The number of methoxy groups -OCH3 is 1. The number of carboxylic acid groups (broad SMARTS) is 1. The molecule has 0 saturated carbocycles. The van der Waals surface area contributed by atoms with E-state index in [1.807, 2.05) is 24.3 Å². The monoisotopic (exact) mass is 496 g/mol. The van der Waals surface area contributed by atoms with Crippen LogP contribution in [-0.4, -0.2) is 45.7 Å². The molecular weight excluding hydrogens is 468 g/mol. The Hall–Kier alpha value is -3.53. The zero-order valence-electron chi connectivity index (χ0n) is 19.7. The summed E-state index contributed by atoms with van der Waals surface area (Å²) < 4.78 is 17.1. The Labute approximate surface area is 208 Å². The number of fused-ring (bicyclic) bond motifs is 3. The smallest absolute Gasteiger partial charge is 0.341 e. The van der Waals surface area contributed by atoms with E-state index in [0.717, 1.165) is 29.0 Å². The number of rotatable bonds is 11. The van der Waals surface area contributed by atoms with Crippen molar-refractivity contribution in [2.24, 2.45) is 0 Å². The summed E-state index contributed by atoms with van der Waals surface area (Å²) in [5.74, 6) is 0.983. The molecule has 2 aromatic carbocycles. The zero-order valence-corrected chi connectivity index (χ0v) is 20.5. The van der Waals surface area contributed by atoms with Crippen molar-refractivity contribution in [3.05, 3.63) is 48.0 Å². The molecule has 9 nitrogen and oxygen atoms in total. The maximum absolute atomic E-state index is 10.9. The van der Waals surface area contributed by atoms with Crippen molar-refractivity contribution in [2.45, 2.75) is 44.0 Å². The number of para-hydroxylation sites is 1. The number of unbranched alkanes of at least 4 members (excludes halogenated alkanes) is 3. The zero-order chi connectivity index (χ0) is 24.6. The largest absolute Gasteiger partial charge is 0.493 e. The van der Waals surface area contributed by atoms with Crippen molar-refractivity contribution in [1.29, 1.82) is 0 Å². The Morgan fingerprint density at radius 1 is 1.14 bits per heavy atom. The molecule has 0 saturated heterocycles. The number of anilines is 1. The first-order chi connectivity index (χ1) is 17.1. The highest BCUT2D eigenvalue weighted by Crippen LogP contribution is 2.40. The van der Waals surface area contributed by atoms with Gasteiger partial charge in [-0.05, 0) is 30.7 Å². The predicted octanol–water partition coefficient (Wildman–Crippen LogP) is 5.19. The SMILES string of the molecule is CCCCCCSc1nnc2c(n1)OC(c1ccc(OCC(=O)O)c(OC)c1)Nc1ccccc1-2. The lowest BCUT2D eigenvalue weighted by molar-refractivity contribution is -0.139. The predicted molar refractivity (Wildman–Crippen MR) is 133 cm³/mol. The molecule has 0 spiro atoms. The number of ether oxygens (including phenoxy) is 3. The van der Waals surface area contributed by atoms with Crippen LogP contribution < -0.4 is 19.5 Å². The van der Waals surface area contributed by atoms with Gasteiger partial charge in [-0.15, -0.1) is 10.2 Å². The van der Waals surface area contributed by atoms with Crippen molar-refractivity contribution >= 4 is 23.4 Å². The summed E-state index contributed by atoms with van der Waals surface area (Å²) in [5.41, 5.74) is 2.99. The fourth-order valence-corrected chi connectivity index (χ4v) is 4.43. The van der Waals surface area contributed by atoms with Gasteiger partial charge in [0.1, 0.15) is 0 Å². The molecule has 3 aromatic rings. The standard InChI is InChI=1S/C25H28N4O5S/c1-3-4-5-8-13-35-25-27-24-22(28-29-25)17-9-6-7-10-18(17)26-23(34-24)16-11-12-19(20(14-16)32-2)33-15-21(30)31/h6-7,9-12,14,23,26H,3-5,8,13,15H2,1-2H3,(H,30,31). The van der Waals surface area contributed by atoms with Gasteiger partial charge in [-0.25, -0.2) is 4.79 Å². The van der Waals surface area contributed by atoms with Crippen LogP contribution in [0.5, 0.6) is 17.4 Å². The summed E-state index contributed by atoms with van der Waals surface area (Å²) in [6.07, 6.45) is 4.11. The fourth-order valence-electron chi connectivity index (χ4n) is 3.66. The Balaban J connectivity index is 1.62. The number of carboxylic acids is 1. The second kappa shape index (κ2) is 11.7. The molecule has 0 fully saturated rings. The van der Waals surface area contributed by atoms with E-state index in [1.165, 1.54) is 26.4 Å². The molecule has 0 aliphatic carbocycles. The van der Waals surface area contributed by atoms with Crippen LogP contribution in [0.1, 0.15) is 44.4 Å². The molecule has 1 aliphatic heterocycles. The first-order valence-electron chi connectivity index (χ1n) is 11.5. The van der Waals surface area contributed by atoms with Crippen molar-refractivity contribution in [1.82, 2.24) is 15.2 Å². The molecule has 35 heavy (non-hydrogen) atoms. The maximum atomic E-state index is 10.9. The highest BCUT2D eigenvalue weighted by atomic mass is 32.2. The fraction of sp³-hybridized carbons (Fsp3) is 0.360. The minimum atomic E-state index is -1.07. The molecule has 10 heteroatoms. The third kappa shape index (κ3) is 6.13. The molecule has 0 radical (unpaired) electrons. The number of carbonyl (C=O) groups is 1. The molecule has 184 valence electrons. The van der Waals surface area contributed by atoms with E-state index in [9.17, 15) is 4.79 Å². The first-order valence-corrected chi connectivity index (χ1v) is 12.5. The Morgan fingerprint density at radius 3 is 2.80 bits per heavy atom. The van der Waals surface area contributed by atoms with Gasteiger partial charge in [0.25, 0.3) is 0 Å². The summed E-state index contributed by atoms with van der Waals surface area (Å²) in [7, 11) is 1.50. The minimum Gasteiger partial charge on any atom is -0.493 e. The summed E-state index contributed by atoms with van der Waals surface area (Å²) in [6.45, 7) is 1.73. The third-order valence-corrected chi connectivity index (χ3v) is 6.33. The summed E-state index contributed by atoms with van der Waals surface area (Å²) in [5, 5.41) is 21.7. The molecule has 2 N–H and O–H groups in total. The topological polar surface area (TPSA) is 116 Å². The lowest BCUT2D eigenvalue weighted by atomic mass is 10.1. The first kappa shape index (κ1) is 24.6. The van der Waals surface area contributed by atoms with Crippen LogP contribution in [0.25, 0.3) is 11.3 Å². The van der Waals surface area contributed by atoms with E-state index < -0.39 is 18.8 Å². The van der Waals surface area contributed by atoms with Crippen molar-refractivity contribution in [3.63, 3.8) is 0 Å². The van der Waals surface area contributed by atoms with Gasteiger partial charge in [-0.3, -0.25) is 0 Å². The molecule has 1 unspecified atom stereocenters. The van der Waals surface area contributed by atoms with E-state index in [-0.39, 0.29) is 0 Å². The van der Waals surface area contributed by atoms with Crippen LogP contribution in [0.4, 0.5) is 5.69 Å². The van der Waals surface area contributed by atoms with Crippen LogP contribution in [0.3, 0.4) is 0 Å². The second-order valence-electron chi connectivity index (χ2n) is 7.94. The lowest BCUT2D eigenvalue weighted by Gasteiger charge is -2.20. The van der Waals surface area contributed by atoms with E-state index in [2.05, 4.69) is 27.4 Å². The highest BCUT2D eigenvalue weighted by Gasteiger charge is 2.27. The number of nitrogens with zero attached hydrogens (tertiary/aromatic N) is 3. The van der Waals surface area contributed by atoms with Gasteiger partial charge in [0.05, 0.1) is 7.11 Å². The molecule has 1 atom stereocenters. The second-order valence-corrected chi connectivity index (χ2v) is 9.00. The number of benzene rings is 2. The number of aromatic nitrogens is 3. The van der Waals surface area contributed by atoms with E-state index in [4.69, 9.17) is 19.3 Å². The third-order valence-electron chi connectivity index (χ3n) is 5.40. The summed E-state index contributed by atoms with van der Waals surface area (Å²) >= 11 is 1.58. The summed E-state index contributed by atoms with van der Waals surface area (Å²) in [6, 6.07) is 13.0. The van der Waals surface area contributed by atoms with E-state index >= 15 is 0 Å². The van der Waals surface area contributed by atoms with E-state index in [1.54, 1.807) is 30.0 Å². The van der Waals surface area contributed by atoms with Crippen LogP contribution in [0.2, 0.25) is 0 Å². The molecule has 1 aliphatic rings. The minimum absolute atomic E-state index is 0.332. The Kier molecular flexibility index (Phi) is 8.25. The molecule has 1 aromatic heterocycles. The quantitative estimate of drug-likeness (QED) is 0.271. The molecule has 0 amide bonds. The number of nitrogens with one attached hydrogen (secondary N) is 1. The average molecular weight is 497 g/mol. The van der Waals surface area contributed by atoms with Crippen molar-refractivity contribution in [2.75, 3.05) is 24.8 Å². The Bertz CT molecular complexity index is 1180. The van der Waals surface area contributed by atoms with Crippen molar-refractivity contribution < 1.29 is 24.1 Å². The normalized spacial score (nSPS) is 14.1. The van der Waals surface area contributed by atoms with Gasteiger partial charge in [0.15, 0.2) is 30.0 Å². The Morgan fingerprint density at radius 2 is 2.00 bits per heavy atom. The van der Waals surface area contributed by atoms with Gasteiger partial charge in [-0.2, -0.15) is 4.98 Å². The van der Waals surface area contributed by atoms with Gasteiger partial charge in [0, 0.05) is 22.6 Å². The molecular formula is C25H28N4O5S. The number of hydrogen-bond acceptors (Lipinski definition) is 9. The molecule has 4 rings (SSSR count). The van der Waals surface area contributed by atoms with Crippen LogP contribution in [0, 0.1) is 0 Å². The van der Waals surface area contributed by atoms with Gasteiger partial charge < -0.3 is 24.6 Å². The number of thioether (sulfide) groups is 1. The van der Waals surface area contributed by atoms with Crippen molar-refractivity contribution in [3.8, 4) is 28.6 Å². The van der Waals surface area contributed by atoms with Crippen LogP contribution in [0.15, 0.2) is 47.6 Å². The average Bonchev–Trinajstić information content (AvgIpc) is 3.03. The highest BCUT2D eigenvalue weighted by molar-refractivity contribution is 7.99. The number of hydrogen-bond donors (Lipinski definition) is 2.